The van der Waals surface area contributed by atoms with E-state index in [0.29, 0.717) is 47.9 Å². The van der Waals surface area contributed by atoms with Crippen molar-refractivity contribution in [2.24, 2.45) is 0 Å². The molecular formula is C16H20ClN5O2. The normalized spacial score (nSPS) is 20.8. The molecule has 2 fully saturated rings. The summed E-state index contributed by atoms with van der Waals surface area (Å²) in [5.74, 6) is 1.98. The van der Waals surface area contributed by atoms with Crippen molar-refractivity contribution in [1.29, 1.82) is 0 Å². The Hall–Kier alpha value is -1.89. The summed E-state index contributed by atoms with van der Waals surface area (Å²) >= 11 is 6.31. The molecular weight excluding hydrogens is 330 g/mol. The number of hydrogen-bond donors (Lipinski definition) is 0. The molecule has 3 heterocycles. The fraction of sp³-hybridized carbons (Fsp3) is 0.625. The Bertz CT molecular complexity index is 780. The molecule has 2 aliphatic rings. The maximum absolute atomic E-state index is 12.8. The van der Waals surface area contributed by atoms with Crippen molar-refractivity contribution in [3.05, 3.63) is 28.1 Å². The molecule has 2 aromatic rings. The van der Waals surface area contributed by atoms with E-state index in [2.05, 4.69) is 15.2 Å². The number of halogens is 1. The van der Waals surface area contributed by atoms with Crippen molar-refractivity contribution in [2.45, 2.75) is 51.5 Å². The predicted molar refractivity (Wildman–Crippen MR) is 87.2 cm³/mol. The summed E-state index contributed by atoms with van der Waals surface area (Å²) in [6.45, 7) is 5.65. The van der Waals surface area contributed by atoms with E-state index in [9.17, 15) is 4.79 Å². The van der Waals surface area contributed by atoms with Gasteiger partial charge in [-0.05, 0) is 33.1 Å². The molecule has 24 heavy (non-hydrogen) atoms. The van der Waals surface area contributed by atoms with Crippen molar-refractivity contribution < 1.29 is 9.32 Å². The highest BCUT2D eigenvalue weighted by Gasteiger charge is 2.35. The number of carbonyl (C=O) groups excluding carboxylic acids is 1. The Morgan fingerprint density at radius 2 is 2.12 bits per heavy atom. The van der Waals surface area contributed by atoms with Crippen LogP contribution in [0.3, 0.4) is 0 Å². The second-order valence-electron chi connectivity index (χ2n) is 6.57. The van der Waals surface area contributed by atoms with Crippen LogP contribution >= 0.6 is 11.6 Å². The molecule has 1 aliphatic carbocycles. The van der Waals surface area contributed by atoms with Gasteiger partial charge in [-0.3, -0.25) is 9.48 Å². The largest absolute Gasteiger partial charge is 0.339 e. The molecule has 4 rings (SSSR count). The van der Waals surface area contributed by atoms with Gasteiger partial charge in [0, 0.05) is 25.6 Å². The predicted octanol–water partition coefficient (Wildman–Crippen LogP) is 2.75. The van der Waals surface area contributed by atoms with Gasteiger partial charge in [-0.15, -0.1) is 0 Å². The van der Waals surface area contributed by atoms with Gasteiger partial charge >= 0.3 is 0 Å². The first kappa shape index (κ1) is 15.6. The first-order valence-corrected chi connectivity index (χ1v) is 8.82. The lowest BCUT2D eigenvalue weighted by molar-refractivity contribution is 0.0789. The fourth-order valence-electron chi connectivity index (χ4n) is 3.23. The third kappa shape index (κ3) is 2.60. The molecule has 0 spiro atoms. The van der Waals surface area contributed by atoms with E-state index in [1.54, 1.807) is 4.68 Å². The lowest BCUT2D eigenvalue weighted by atomic mass is 10.1. The van der Waals surface area contributed by atoms with Crippen LogP contribution in [0.1, 0.15) is 65.8 Å². The standard InChI is InChI=1S/C16H20ClN5O2/c1-3-22-13(17)12(9(2)19-22)16(23)21-7-6-11(8-21)15-18-14(20-24-15)10-4-5-10/h10-11H,3-8H2,1-2H3. The lowest BCUT2D eigenvalue weighted by Crippen LogP contribution is -2.29. The zero-order chi connectivity index (χ0) is 16.8. The first-order chi connectivity index (χ1) is 11.6. The summed E-state index contributed by atoms with van der Waals surface area (Å²) in [6.07, 6.45) is 3.12. The molecule has 7 nitrogen and oxygen atoms in total. The molecule has 0 N–H and O–H groups in total. The van der Waals surface area contributed by atoms with E-state index in [1.165, 1.54) is 0 Å². The third-order valence-corrected chi connectivity index (χ3v) is 5.19. The minimum atomic E-state index is -0.0679. The van der Waals surface area contributed by atoms with Crippen molar-refractivity contribution >= 4 is 17.5 Å². The number of amides is 1. The topological polar surface area (TPSA) is 77.1 Å². The van der Waals surface area contributed by atoms with Gasteiger partial charge in [0.2, 0.25) is 5.89 Å². The molecule has 0 aromatic carbocycles. The lowest BCUT2D eigenvalue weighted by Gasteiger charge is -2.15. The van der Waals surface area contributed by atoms with Crippen LogP contribution in [0.2, 0.25) is 5.15 Å². The van der Waals surface area contributed by atoms with Crippen LogP contribution in [0.5, 0.6) is 0 Å². The molecule has 1 unspecified atom stereocenters. The average molecular weight is 350 g/mol. The molecule has 0 bridgehead atoms. The first-order valence-electron chi connectivity index (χ1n) is 8.44. The van der Waals surface area contributed by atoms with E-state index in [4.69, 9.17) is 16.1 Å². The van der Waals surface area contributed by atoms with E-state index in [-0.39, 0.29) is 11.8 Å². The SMILES string of the molecule is CCn1nc(C)c(C(=O)N2CCC(c3nc(C4CC4)no3)C2)c1Cl. The van der Waals surface area contributed by atoms with Gasteiger partial charge < -0.3 is 9.42 Å². The van der Waals surface area contributed by atoms with Gasteiger partial charge in [0.15, 0.2) is 5.82 Å². The van der Waals surface area contributed by atoms with Crippen LogP contribution in [0.15, 0.2) is 4.52 Å². The minimum Gasteiger partial charge on any atom is -0.339 e. The number of aromatic nitrogens is 4. The van der Waals surface area contributed by atoms with E-state index < -0.39 is 0 Å². The zero-order valence-electron chi connectivity index (χ0n) is 13.8. The van der Waals surface area contributed by atoms with Gasteiger partial charge in [-0.1, -0.05) is 16.8 Å². The molecule has 1 aliphatic heterocycles. The number of carbonyl (C=O) groups is 1. The van der Waals surface area contributed by atoms with Gasteiger partial charge in [0.1, 0.15) is 5.15 Å². The maximum Gasteiger partial charge on any atom is 0.258 e. The van der Waals surface area contributed by atoms with Crippen molar-refractivity contribution in [2.75, 3.05) is 13.1 Å². The average Bonchev–Trinajstić information content (AvgIpc) is 3.00. The highest BCUT2D eigenvalue weighted by molar-refractivity contribution is 6.33. The van der Waals surface area contributed by atoms with E-state index >= 15 is 0 Å². The van der Waals surface area contributed by atoms with Crippen LogP contribution in [-0.4, -0.2) is 43.8 Å². The van der Waals surface area contributed by atoms with Gasteiger partial charge in [0.05, 0.1) is 17.2 Å². The zero-order valence-corrected chi connectivity index (χ0v) is 14.6. The third-order valence-electron chi connectivity index (χ3n) is 4.80. The molecule has 0 radical (unpaired) electrons. The second kappa shape index (κ2) is 5.88. The Kier molecular flexibility index (Phi) is 3.83. The Labute approximate surface area is 145 Å². The van der Waals surface area contributed by atoms with Gasteiger partial charge in [0.25, 0.3) is 5.91 Å². The summed E-state index contributed by atoms with van der Waals surface area (Å²) in [7, 11) is 0. The van der Waals surface area contributed by atoms with E-state index in [1.807, 2.05) is 18.7 Å². The number of rotatable bonds is 4. The Morgan fingerprint density at radius 1 is 1.33 bits per heavy atom. The maximum atomic E-state index is 12.8. The van der Waals surface area contributed by atoms with Gasteiger partial charge in [-0.2, -0.15) is 10.1 Å². The molecule has 2 aromatic heterocycles. The number of aryl methyl sites for hydroxylation is 2. The highest BCUT2D eigenvalue weighted by Crippen LogP contribution is 2.39. The molecule has 128 valence electrons. The summed E-state index contributed by atoms with van der Waals surface area (Å²) in [6, 6.07) is 0. The van der Waals surface area contributed by atoms with Crippen LogP contribution in [0.25, 0.3) is 0 Å². The van der Waals surface area contributed by atoms with Crippen molar-refractivity contribution in [3.63, 3.8) is 0 Å². The molecule has 1 atom stereocenters. The molecule has 1 amide bonds. The molecule has 1 saturated carbocycles. The fourth-order valence-corrected chi connectivity index (χ4v) is 3.61. The monoisotopic (exact) mass is 349 g/mol. The van der Waals surface area contributed by atoms with Crippen LogP contribution in [0, 0.1) is 6.92 Å². The van der Waals surface area contributed by atoms with Crippen LogP contribution in [0.4, 0.5) is 0 Å². The number of likely N-dealkylation sites (tertiary alicyclic amines) is 1. The highest BCUT2D eigenvalue weighted by atomic mass is 35.5. The summed E-state index contributed by atoms with van der Waals surface area (Å²) < 4.78 is 7.06. The molecule has 8 heteroatoms. The quantitative estimate of drug-likeness (QED) is 0.848. The number of nitrogens with zero attached hydrogens (tertiary/aromatic N) is 5. The van der Waals surface area contributed by atoms with Crippen LogP contribution in [-0.2, 0) is 6.54 Å². The Balaban J connectivity index is 1.49. The summed E-state index contributed by atoms with van der Waals surface area (Å²) in [5.41, 5.74) is 1.17. The van der Waals surface area contributed by atoms with Crippen molar-refractivity contribution in [1.82, 2.24) is 24.8 Å². The van der Waals surface area contributed by atoms with E-state index in [0.717, 1.165) is 25.1 Å². The van der Waals surface area contributed by atoms with Gasteiger partial charge in [-0.25, -0.2) is 0 Å². The Morgan fingerprint density at radius 3 is 2.79 bits per heavy atom. The summed E-state index contributed by atoms with van der Waals surface area (Å²) in [4.78, 5) is 19.2. The smallest absolute Gasteiger partial charge is 0.258 e. The second-order valence-corrected chi connectivity index (χ2v) is 6.93. The molecule has 1 saturated heterocycles. The van der Waals surface area contributed by atoms with Crippen molar-refractivity contribution in [3.8, 4) is 0 Å². The number of hydrogen-bond acceptors (Lipinski definition) is 5. The van der Waals surface area contributed by atoms with Crippen LogP contribution < -0.4 is 0 Å². The minimum absolute atomic E-state index is 0.0679. The summed E-state index contributed by atoms with van der Waals surface area (Å²) in [5, 5.41) is 8.81.